The van der Waals surface area contributed by atoms with Crippen molar-refractivity contribution in [2.24, 2.45) is 0 Å². The van der Waals surface area contributed by atoms with Crippen LogP contribution >= 0.6 is 11.6 Å². The number of halogens is 1. The van der Waals surface area contributed by atoms with Crippen LogP contribution in [0.1, 0.15) is 30.4 Å². The van der Waals surface area contributed by atoms with E-state index in [4.69, 9.17) is 11.6 Å². The molecular weight excluding hydrogens is 352 g/mol. The average molecular weight is 371 g/mol. The molecule has 0 saturated heterocycles. The van der Waals surface area contributed by atoms with Crippen LogP contribution in [0.2, 0.25) is 5.02 Å². The summed E-state index contributed by atoms with van der Waals surface area (Å²) in [5.74, 6) is -0.0362. The number of hydrogen-bond donors (Lipinski definition) is 1. The summed E-state index contributed by atoms with van der Waals surface area (Å²) in [6, 6.07) is 13.6. The first-order valence-corrected chi connectivity index (χ1v) is 8.79. The Morgan fingerprint density at radius 1 is 1.23 bits per heavy atom. The second kappa shape index (κ2) is 7.40. The van der Waals surface area contributed by atoms with E-state index in [1.165, 1.54) is 12.1 Å². The number of carbonyl (C=O) groups excluding carboxylic acids is 1. The maximum absolute atomic E-state index is 13.3. The zero-order chi connectivity index (χ0) is 18.7. The first kappa shape index (κ1) is 18.3. The zero-order valence-corrected chi connectivity index (χ0v) is 15.1. The van der Waals surface area contributed by atoms with Gasteiger partial charge in [-0.05, 0) is 55.2 Å². The van der Waals surface area contributed by atoms with Crippen molar-refractivity contribution in [3.8, 4) is 0 Å². The van der Waals surface area contributed by atoms with Gasteiger partial charge < -0.3 is 5.32 Å². The quantitative estimate of drug-likeness (QED) is 0.488. The molecule has 3 rings (SSSR count). The van der Waals surface area contributed by atoms with Crippen LogP contribution in [-0.2, 0) is 10.3 Å². The van der Waals surface area contributed by atoms with E-state index >= 15 is 0 Å². The van der Waals surface area contributed by atoms with Gasteiger partial charge in [0.2, 0.25) is 0 Å². The van der Waals surface area contributed by atoms with Crippen molar-refractivity contribution >= 4 is 29.1 Å². The van der Waals surface area contributed by atoms with Crippen LogP contribution in [0.15, 0.2) is 54.1 Å². The van der Waals surface area contributed by atoms with Crippen molar-refractivity contribution in [1.82, 2.24) is 5.32 Å². The molecule has 1 atom stereocenters. The molecule has 134 valence electrons. The molecule has 1 aliphatic carbocycles. The monoisotopic (exact) mass is 370 g/mol. The standard InChI is InChI=1S/C20H19ClN2O3/c1-22-20(17-9-2-3-10-18(17)21)11-5-7-15(19(20)24)12-14-6-4-8-16(13-14)23(25)26/h2-4,6,8-10,12-13,22H,5,7,11H2,1H3/b15-12-/t20-/m0/s1. The van der Waals surface area contributed by atoms with E-state index < -0.39 is 10.5 Å². The van der Waals surface area contributed by atoms with Crippen molar-refractivity contribution in [2.75, 3.05) is 7.05 Å². The van der Waals surface area contributed by atoms with Gasteiger partial charge in [-0.1, -0.05) is 41.9 Å². The number of nitro groups is 1. The fraction of sp³-hybridized carbons (Fsp3) is 0.250. The Bertz CT molecular complexity index is 894. The lowest BCUT2D eigenvalue weighted by Crippen LogP contribution is -2.50. The molecule has 1 N–H and O–H groups in total. The minimum atomic E-state index is -0.872. The van der Waals surface area contributed by atoms with E-state index in [-0.39, 0.29) is 11.5 Å². The summed E-state index contributed by atoms with van der Waals surface area (Å²) < 4.78 is 0. The van der Waals surface area contributed by atoms with E-state index in [0.717, 1.165) is 12.0 Å². The fourth-order valence-electron chi connectivity index (χ4n) is 3.55. The van der Waals surface area contributed by atoms with Crippen molar-refractivity contribution in [3.63, 3.8) is 0 Å². The third-order valence-corrected chi connectivity index (χ3v) is 5.19. The molecule has 1 fully saturated rings. The van der Waals surface area contributed by atoms with Gasteiger partial charge >= 0.3 is 0 Å². The number of carbonyl (C=O) groups is 1. The number of nitrogens with one attached hydrogen (secondary N) is 1. The second-order valence-corrected chi connectivity index (χ2v) is 6.75. The highest BCUT2D eigenvalue weighted by atomic mass is 35.5. The third-order valence-electron chi connectivity index (χ3n) is 4.86. The van der Waals surface area contributed by atoms with Crippen LogP contribution in [-0.4, -0.2) is 17.8 Å². The van der Waals surface area contributed by atoms with Gasteiger partial charge in [-0.3, -0.25) is 14.9 Å². The van der Waals surface area contributed by atoms with Crippen LogP contribution in [0.25, 0.3) is 6.08 Å². The van der Waals surface area contributed by atoms with Gasteiger partial charge in [0, 0.05) is 17.2 Å². The van der Waals surface area contributed by atoms with Crippen molar-refractivity contribution < 1.29 is 9.72 Å². The highest BCUT2D eigenvalue weighted by Crippen LogP contribution is 2.40. The topological polar surface area (TPSA) is 72.2 Å². The Balaban J connectivity index is 2.03. The molecule has 2 aromatic rings. The number of ketones is 1. The molecular formula is C20H19ClN2O3. The van der Waals surface area contributed by atoms with E-state index in [0.29, 0.717) is 29.0 Å². The first-order chi connectivity index (χ1) is 12.5. The van der Waals surface area contributed by atoms with Gasteiger partial charge in [-0.2, -0.15) is 0 Å². The number of Topliss-reactive ketones (excluding diaryl/α,β-unsaturated/α-hetero) is 1. The number of hydrogen-bond acceptors (Lipinski definition) is 4. The van der Waals surface area contributed by atoms with E-state index in [1.807, 2.05) is 18.2 Å². The predicted molar refractivity (Wildman–Crippen MR) is 102 cm³/mol. The number of benzene rings is 2. The molecule has 0 unspecified atom stereocenters. The number of nitro benzene ring substituents is 1. The van der Waals surface area contributed by atoms with Gasteiger partial charge in [-0.15, -0.1) is 0 Å². The van der Waals surface area contributed by atoms with Crippen molar-refractivity contribution in [3.05, 3.63) is 80.4 Å². The zero-order valence-electron chi connectivity index (χ0n) is 14.4. The lowest BCUT2D eigenvalue weighted by Gasteiger charge is -2.37. The van der Waals surface area contributed by atoms with Crippen LogP contribution in [0, 0.1) is 10.1 Å². The van der Waals surface area contributed by atoms with Crippen molar-refractivity contribution in [1.29, 1.82) is 0 Å². The number of non-ortho nitro benzene ring substituents is 1. The van der Waals surface area contributed by atoms with Gasteiger partial charge in [-0.25, -0.2) is 0 Å². The Hall–Kier alpha value is -2.50. The summed E-state index contributed by atoms with van der Waals surface area (Å²) in [6.07, 6.45) is 3.85. The minimum absolute atomic E-state index is 0.00796. The molecule has 0 radical (unpaired) electrons. The number of nitrogens with zero attached hydrogens (tertiary/aromatic N) is 1. The average Bonchev–Trinajstić information content (AvgIpc) is 2.64. The largest absolute Gasteiger partial charge is 0.304 e. The highest BCUT2D eigenvalue weighted by molar-refractivity contribution is 6.32. The Labute approximate surface area is 156 Å². The SMILES string of the molecule is CN[C@]1(c2ccccc2Cl)CCC/C(=C/c2cccc([N+](=O)[O-])c2)C1=O. The summed E-state index contributed by atoms with van der Waals surface area (Å²) in [5, 5.41) is 14.7. The molecule has 0 bridgehead atoms. The summed E-state index contributed by atoms with van der Waals surface area (Å²) in [5.41, 5.74) is 1.19. The third kappa shape index (κ3) is 3.28. The summed E-state index contributed by atoms with van der Waals surface area (Å²) in [6.45, 7) is 0. The summed E-state index contributed by atoms with van der Waals surface area (Å²) in [4.78, 5) is 23.9. The van der Waals surface area contributed by atoms with Crippen LogP contribution in [0.4, 0.5) is 5.69 Å². The van der Waals surface area contributed by atoms with Gasteiger partial charge in [0.15, 0.2) is 5.78 Å². The predicted octanol–water partition coefficient (Wildman–Crippen LogP) is 4.50. The molecule has 0 amide bonds. The first-order valence-electron chi connectivity index (χ1n) is 8.42. The second-order valence-electron chi connectivity index (χ2n) is 6.34. The maximum Gasteiger partial charge on any atom is 0.270 e. The van der Waals surface area contributed by atoms with Crippen LogP contribution in [0.5, 0.6) is 0 Å². The number of likely N-dealkylation sites (N-methyl/N-ethyl adjacent to an activating group) is 1. The smallest absolute Gasteiger partial charge is 0.270 e. The molecule has 0 aliphatic heterocycles. The Kier molecular flexibility index (Phi) is 5.20. The lowest BCUT2D eigenvalue weighted by atomic mass is 9.73. The minimum Gasteiger partial charge on any atom is -0.304 e. The number of rotatable bonds is 4. The molecule has 1 saturated carbocycles. The highest BCUT2D eigenvalue weighted by Gasteiger charge is 2.43. The molecule has 0 heterocycles. The Morgan fingerprint density at radius 2 is 2.00 bits per heavy atom. The van der Waals surface area contributed by atoms with E-state index in [2.05, 4.69) is 5.32 Å². The molecule has 0 spiro atoms. The molecule has 6 heteroatoms. The van der Waals surface area contributed by atoms with E-state index in [9.17, 15) is 14.9 Å². The van der Waals surface area contributed by atoms with Gasteiger partial charge in [0.05, 0.1) is 4.92 Å². The Morgan fingerprint density at radius 3 is 2.69 bits per heavy atom. The van der Waals surface area contributed by atoms with E-state index in [1.54, 1.807) is 31.3 Å². The molecule has 26 heavy (non-hydrogen) atoms. The normalized spacial score (nSPS) is 21.8. The van der Waals surface area contributed by atoms with Crippen LogP contribution in [0.3, 0.4) is 0 Å². The van der Waals surface area contributed by atoms with Gasteiger partial charge in [0.1, 0.15) is 5.54 Å². The molecule has 1 aliphatic rings. The summed E-state index contributed by atoms with van der Waals surface area (Å²) in [7, 11) is 1.76. The molecule has 0 aromatic heterocycles. The van der Waals surface area contributed by atoms with Crippen molar-refractivity contribution in [2.45, 2.75) is 24.8 Å². The maximum atomic E-state index is 13.3. The fourth-order valence-corrected chi connectivity index (χ4v) is 3.85. The molecule has 2 aromatic carbocycles. The van der Waals surface area contributed by atoms with Crippen LogP contribution < -0.4 is 5.32 Å². The summed E-state index contributed by atoms with van der Waals surface area (Å²) >= 11 is 6.37. The lowest BCUT2D eigenvalue weighted by molar-refractivity contribution is -0.384. The van der Waals surface area contributed by atoms with Gasteiger partial charge in [0.25, 0.3) is 5.69 Å². The molecule has 5 nitrogen and oxygen atoms in total.